The molecule has 0 spiro atoms. The lowest BCUT2D eigenvalue weighted by atomic mass is 9.93. The van der Waals surface area contributed by atoms with Gasteiger partial charge < -0.3 is 14.4 Å². The SMILES string of the molecule is CC(C)(C)OC(=O)N1CCO[C@H](CN=[N+]=[N-])[C@H](c2ccccc2)C1. The van der Waals surface area contributed by atoms with Crippen LogP contribution in [0.5, 0.6) is 0 Å². The van der Waals surface area contributed by atoms with E-state index >= 15 is 0 Å². The highest BCUT2D eigenvalue weighted by atomic mass is 16.6. The zero-order chi connectivity index (χ0) is 17.6. The van der Waals surface area contributed by atoms with E-state index in [4.69, 9.17) is 15.0 Å². The van der Waals surface area contributed by atoms with E-state index in [2.05, 4.69) is 10.0 Å². The minimum absolute atomic E-state index is 0.0771. The summed E-state index contributed by atoms with van der Waals surface area (Å²) in [6, 6.07) is 9.83. The summed E-state index contributed by atoms with van der Waals surface area (Å²) in [6.07, 6.45) is -0.618. The van der Waals surface area contributed by atoms with Gasteiger partial charge in [-0.3, -0.25) is 0 Å². The van der Waals surface area contributed by atoms with E-state index in [9.17, 15) is 4.79 Å². The summed E-state index contributed by atoms with van der Waals surface area (Å²) in [4.78, 5) is 16.9. The Kier molecular flexibility index (Phi) is 6.06. The van der Waals surface area contributed by atoms with Crippen LogP contribution in [0.1, 0.15) is 32.3 Å². The lowest BCUT2D eigenvalue weighted by molar-refractivity contribution is 0.0233. The fourth-order valence-corrected chi connectivity index (χ4v) is 2.69. The molecular weight excluding hydrogens is 308 g/mol. The number of azide groups is 1. The molecule has 1 amide bonds. The summed E-state index contributed by atoms with van der Waals surface area (Å²) in [5.74, 6) is -0.0771. The lowest BCUT2D eigenvalue weighted by Gasteiger charge is -2.29. The number of hydrogen-bond acceptors (Lipinski definition) is 4. The van der Waals surface area contributed by atoms with E-state index in [-0.39, 0.29) is 24.7 Å². The third-order valence-corrected chi connectivity index (χ3v) is 3.76. The van der Waals surface area contributed by atoms with Crippen molar-refractivity contribution in [3.8, 4) is 0 Å². The van der Waals surface area contributed by atoms with Crippen molar-refractivity contribution >= 4 is 6.09 Å². The first-order valence-electron chi connectivity index (χ1n) is 8.06. The molecule has 7 nitrogen and oxygen atoms in total. The quantitative estimate of drug-likeness (QED) is 0.480. The van der Waals surface area contributed by atoms with Gasteiger partial charge in [0.05, 0.1) is 19.3 Å². The highest BCUT2D eigenvalue weighted by Crippen LogP contribution is 2.27. The summed E-state index contributed by atoms with van der Waals surface area (Å²) in [5, 5.41) is 3.66. The highest BCUT2D eigenvalue weighted by molar-refractivity contribution is 5.68. The molecule has 1 saturated heterocycles. The molecule has 24 heavy (non-hydrogen) atoms. The average molecular weight is 332 g/mol. The first kappa shape index (κ1) is 18.1. The molecule has 1 fully saturated rings. The van der Waals surface area contributed by atoms with Gasteiger partial charge in [0, 0.05) is 23.9 Å². The summed E-state index contributed by atoms with van der Waals surface area (Å²) in [6.45, 7) is 7.07. The Labute approximate surface area is 142 Å². The number of hydrogen-bond donors (Lipinski definition) is 0. The van der Waals surface area contributed by atoms with Gasteiger partial charge in [0.2, 0.25) is 0 Å². The van der Waals surface area contributed by atoms with Crippen molar-refractivity contribution in [1.29, 1.82) is 0 Å². The van der Waals surface area contributed by atoms with Gasteiger partial charge in [0.1, 0.15) is 5.60 Å². The fraction of sp³-hybridized carbons (Fsp3) is 0.588. The van der Waals surface area contributed by atoms with E-state index in [0.29, 0.717) is 19.7 Å². The molecule has 0 radical (unpaired) electrons. The molecule has 1 aliphatic rings. The van der Waals surface area contributed by atoms with Crippen molar-refractivity contribution in [2.45, 2.75) is 38.4 Å². The number of benzene rings is 1. The summed E-state index contributed by atoms with van der Waals surface area (Å²) in [5.41, 5.74) is 9.11. The van der Waals surface area contributed by atoms with E-state index in [0.717, 1.165) is 5.56 Å². The van der Waals surface area contributed by atoms with Gasteiger partial charge in [0.15, 0.2) is 0 Å². The molecule has 130 valence electrons. The standard InChI is InChI=1S/C17H24N4O3/c1-17(2,3)24-16(22)21-9-10-23-15(11-19-20-18)14(12-21)13-7-5-4-6-8-13/h4-8,14-15H,9-12H2,1-3H3/t14-,15+/m0/s1. The van der Waals surface area contributed by atoms with Crippen LogP contribution in [0, 0.1) is 0 Å². The molecule has 1 aromatic rings. The minimum Gasteiger partial charge on any atom is -0.444 e. The van der Waals surface area contributed by atoms with Crippen LogP contribution >= 0.6 is 0 Å². The zero-order valence-corrected chi connectivity index (χ0v) is 14.4. The molecule has 0 N–H and O–H groups in total. The Balaban J connectivity index is 2.21. The second-order valence-corrected chi connectivity index (χ2v) is 6.77. The molecule has 0 bridgehead atoms. The van der Waals surface area contributed by atoms with Crippen LogP contribution in [0.4, 0.5) is 4.79 Å². The maximum Gasteiger partial charge on any atom is 0.410 e. The highest BCUT2D eigenvalue weighted by Gasteiger charge is 2.32. The van der Waals surface area contributed by atoms with Crippen LogP contribution in [-0.4, -0.2) is 48.9 Å². The van der Waals surface area contributed by atoms with Gasteiger partial charge >= 0.3 is 6.09 Å². The van der Waals surface area contributed by atoms with Gasteiger partial charge in [-0.1, -0.05) is 35.4 Å². The Morgan fingerprint density at radius 3 is 2.75 bits per heavy atom. The molecule has 0 aromatic heterocycles. The van der Waals surface area contributed by atoms with Crippen molar-refractivity contribution in [2.75, 3.05) is 26.2 Å². The second kappa shape index (κ2) is 8.04. The van der Waals surface area contributed by atoms with Crippen LogP contribution < -0.4 is 0 Å². The van der Waals surface area contributed by atoms with Gasteiger partial charge in [-0.2, -0.15) is 0 Å². The number of rotatable bonds is 3. The van der Waals surface area contributed by atoms with E-state index in [1.165, 1.54) is 0 Å². The van der Waals surface area contributed by atoms with Crippen molar-refractivity contribution in [1.82, 2.24) is 4.90 Å². The number of carbonyl (C=O) groups is 1. The molecule has 1 aromatic carbocycles. The van der Waals surface area contributed by atoms with Crippen LogP contribution in [0.25, 0.3) is 10.4 Å². The van der Waals surface area contributed by atoms with Gasteiger partial charge in [-0.25, -0.2) is 4.79 Å². The Morgan fingerprint density at radius 1 is 1.42 bits per heavy atom. The predicted molar refractivity (Wildman–Crippen MR) is 90.7 cm³/mol. The molecule has 2 atom stereocenters. The van der Waals surface area contributed by atoms with Gasteiger partial charge in [-0.05, 0) is 31.9 Å². The van der Waals surface area contributed by atoms with E-state index in [1.807, 2.05) is 51.1 Å². The molecule has 0 saturated carbocycles. The van der Waals surface area contributed by atoms with E-state index < -0.39 is 5.60 Å². The molecule has 1 aliphatic heterocycles. The third-order valence-electron chi connectivity index (χ3n) is 3.76. The van der Waals surface area contributed by atoms with Gasteiger partial charge in [-0.15, -0.1) is 0 Å². The molecule has 7 heteroatoms. The largest absolute Gasteiger partial charge is 0.444 e. The minimum atomic E-state index is -0.545. The second-order valence-electron chi connectivity index (χ2n) is 6.77. The van der Waals surface area contributed by atoms with Crippen molar-refractivity contribution in [3.63, 3.8) is 0 Å². The molecule has 2 rings (SSSR count). The predicted octanol–water partition coefficient (Wildman–Crippen LogP) is 3.72. The number of ether oxygens (including phenoxy) is 2. The normalized spacial score (nSPS) is 21.5. The first-order chi connectivity index (χ1) is 11.4. The molecule has 0 unspecified atom stereocenters. The number of carbonyl (C=O) groups excluding carboxylic acids is 1. The van der Waals surface area contributed by atoms with Gasteiger partial charge in [0.25, 0.3) is 0 Å². The van der Waals surface area contributed by atoms with Crippen LogP contribution in [0.3, 0.4) is 0 Å². The molecule has 0 aliphatic carbocycles. The maximum atomic E-state index is 12.4. The Hall–Kier alpha value is -2.24. The summed E-state index contributed by atoms with van der Waals surface area (Å²) in [7, 11) is 0. The third kappa shape index (κ3) is 5.15. The molecular formula is C17H24N4O3. The van der Waals surface area contributed by atoms with Crippen molar-refractivity contribution < 1.29 is 14.3 Å². The van der Waals surface area contributed by atoms with Crippen LogP contribution in [0.2, 0.25) is 0 Å². The monoisotopic (exact) mass is 332 g/mol. The Bertz CT molecular complexity index is 594. The van der Waals surface area contributed by atoms with Crippen LogP contribution in [0.15, 0.2) is 35.4 Å². The van der Waals surface area contributed by atoms with Crippen molar-refractivity contribution in [3.05, 3.63) is 46.3 Å². The smallest absolute Gasteiger partial charge is 0.410 e. The van der Waals surface area contributed by atoms with Crippen LogP contribution in [-0.2, 0) is 9.47 Å². The molecule has 1 heterocycles. The summed E-state index contributed by atoms with van der Waals surface area (Å²) < 4.78 is 11.4. The number of nitrogens with zero attached hydrogens (tertiary/aromatic N) is 4. The zero-order valence-electron chi connectivity index (χ0n) is 14.4. The topological polar surface area (TPSA) is 87.5 Å². The number of amides is 1. The average Bonchev–Trinajstić information content (AvgIpc) is 2.74. The lowest BCUT2D eigenvalue weighted by Crippen LogP contribution is -2.40. The summed E-state index contributed by atoms with van der Waals surface area (Å²) >= 11 is 0. The first-order valence-corrected chi connectivity index (χ1v) is 8.06. The Morgan fingerprint density at radius 2 is 2.12 bits per heavy atom. The van der Waals surface area contributed by atoms with Crippen molar-refractivity contribution in [2.24, 2.45) is 5.11 Å². The maximum absolute atomic E-state index is 12.4. The van der Waals surface area contributed by atoms with E-state index in [1.54, 1.807) is 4.90 Å². The fourth-order valence-electron chi connectivity index (χ4n) is 2.69.